The fourth-order valence-corrected chi connectivity index (χ4v) is 9.58. The highest BCUT2D eigenvalue weighted by atomic mass is 32.2. The van der Waals surface area contributed by atoms with Crippen LogP contribution in [-0.4, -0.2) is 90.7 Å². The highest BCUT2D eigenvalue weighted by Crippen LogP contribution is 2.42. The van der Waals surface area contributed by atoms with Gasteiger partial charge in [-0.3, -0.25) is 15.0 Å². The number of rotatable bonds is 7. The lowest BCUT2D eigenvalue weighted by molar-refractivity contribution is -0.121. The monoisotopic (exact) mass is 628 g/mol. The third-order valence-corrected chi connectivity index (χ3v) is 12.5. The zero-order chi connectivity index (χ0) is 30.1. The van der Waals surface area contributed by atoms with Crippen molar-refractivity contribution in [3.63, 3.8) is 0 Å². The lowest BCUT2D eigenvalue weighted by atomic mass is 9.82. The molecule has 1 amide bonds. The van der Waals surface area contributed by atoms with Crippen LogP contribution in [0, 0.1) is 5.92 Å². The minimum atomic E-state index is -3.91. The zero-order valence-electron chi connectivity index (χ0n) is 24.2. The number of benzene rings is 1. The Bertz CT molecular complexity index is 1460. The van der Waals surface area contributed by atoms with Crippen molar-refractivity contribution in [2.45, 2.75) is 69.7 Å². The number of anilines is 1. The second-order valence-corrected chi connectivity index (χ2v) is 15.1. The van der Waals surface area contributed by atoms with Crippen LogP contribution in [0.4, 0.5) is 5.69 Å². The summed E-state index contributed by atoms with van der Waals surface area (Å²) in [6.07, 6.45) is 8.34. The van der Waals surface area contributed by atoms with Crippen molar-refractivity contribution in [1.82, 2.24) is 14.5 Å². The third kappa shape index (κ3) is 6.31. The number of aromatic carboxylic acids is 1. The highest BCUT2D eigenvalue weighted by Gasteiger charge is 2.45. The normalized spacial score (nSPS) is 25.6. The first kappa shape index (κ1) is 30.4. The van der Waals surface area contributed by atoms with Gasteiger partial charge in [0.05, 0.1) is 35.4 Å². The van der Waals surface area contributed by atoms with Gasteiger partial charge in [0.1, 0.15) is 4.88 Å². The molecular formula is C31H40N4O6S2. The number of carbonyl (C=O) groups is 2. The van der Waals surface area contributed by atoms with Crippen molar-refractivity contribution in [3.05, 3.63) is 52.3 Å². The summed E-state index contributed by atoms with van der Waals surface area (Å²) < 4.78 is 29.2. The summed E-state index contributed by atoms with van der Waals surface area (Å²) in [4.78, 5) is 31.4. The number of aliphatic hydroxyl groups excluding tert-OH is 1. The van der Waals surface area contributed by atoms with Gasteiger partial charge in [-0.2, -0.15) is 4.31 Å². The molecule has 10 nitrogen and oxygen atoms in total. The first-order valence-corrected chi connectivity index (χ1v) is 17.6. The Morgan fingerprint density at radius 3 is 2.40 bits per heavy atom. The maximum absolute atomic E-state index is 14.0. The van der Waals surface area contributed by atoms with E-state index in [0.717, 1.165) is 67.0 Å². The Hall–Kier alpha value is -2.61. The molecule has 4 heterocycles. The molecule has 0 bridgehead atoms. The molecule has 232 valence electrons. The van der Waals surface area contributed by atoms with E-state index in [1.165, 1.54) is 4.31 Å². The fraction of sp³-hybridized carbons (Fsp3) is 0.548. The number of piperidine rings is 1. The van der Waals surface area contributed by atoms with E-state index in [0.29, 0.717) is 24.9 Å². The summed E-state index contributed by atoms with van der Waals surface area (Å²) in [5.74, 6) is -1.40. The number of carboxylic acids is 1. The van der Waals surface area contributed by atoms with Gasteiger partial charge in [-0.1, -0.05) is 55.7 Å². The lowest BCUT2D eigenvalue weighted by Crippen LogP contribution is -2.61. The van der Waals surface area contributed by atoms with Crippen LogP contribution in [0.25, 0.3) is 10.4 Å². The van der Waals surface area contributed by atoms with E-state index in [-0.39, 0.29) is 53.5 Å². The molecule has 2 atom stereocenters. The summed E-state index contributed by atoms with van der Waals surface area (Å²) in [7, 11) is -3.91. The van der Waals surface area contributed by atoms with Crippen molar-refractivity contribution in [3.8, 4) is 10.4 Å². The fourth-order valence-electron chi connectivity index (χ4n) is 7.06. The molecule has 1 aromatic carbocycles. The van der Waals surface area contributed by atoms with Crippen LogP contribution < -0.4 is 10.2 Å². The number of aliphatic hydroxyl groups is 1. The average molecular weight is 629 g/mol. The number of thiophene rings is 1. The predicted octanol–water partition coefficient (Wildman–Crippen LogP) is 3.70. The highest BCUT2D eigenvalue weighted by molar-refractivity contribution is 7.93. The standard InChI is InChI=1S/C31H40N4O6S2/c36-23-13-15-33(16-14-23)28-12-11-24(18-32-28)43(40,41)34-19-26(21-7-3-1-4-8-21)35(29(37)20-34)25-17-27(42-30(25)31(38)39)22-9-5-2-6-10-22/h2,5-6,9-11,17,21,23,26,28,32,36H,1,3-4,7-8,12-16,18-20H2,(H,38,39). The van der Waals surface area contributed by atoms with Crippen molar-refractivity contribution in [2.24, 2.45) is 5.92 Å². The molecule has 3 fully saturated rings. The number of carbonyl (C=O) groups excluding carboxylic acids is 1. The maximum Gasteiger partial charge on any atom is 0.348 e. The van der Waals surface area contributed by atoms with Crippen LogP contribution in [-0.2, 0) is 14.8 Å². The molecule has 6 rings (SSSR count). The SMILES string of the molecule is O=C(O)c1sc(-c2ccccc2)cc1N1C(=O)CN(S(=O)(=O)C2=CCC(N3CCC(O)CC3)NC2)CC1C1CCCCC1. The van der Waals surface area contributed by atoms with E-state index in [9.17, 15) is 28.2 Å². The summed E-state index contributed by atoms with van der Waals surface area (Å²) in [6, 6.07) is 10.8. The van der Waals surface area contributed by atoms with Crippen LogP contribution in [0.2, 0.25) is 0 Å². The minimum Gasteiger partial charge on any atom is -0.477 e. The van der Waals surface area contributed by atoms with Crippen LogP contribution in [0.1, 0.15) is 61.0 Å². The van der Waals surface area contributed by atoms with E-state index in [2.05, 4.69) is 10.2 Å². The Kier molecular flexibility index (Phi) is 9.04. The maximum atomic E-state index is 14.0. The molecule has 1 aromatic heterocycles. The van der Waals surface area contributed by atoms with E-state index in [4.69, 9.17) is 0 Å². The van der Waals surface area contributed by atoms with Crippen molar-refractivity contribution in [2.75, 3.05) is 37.6 Å². The summed E-state index contributed by atoms with van der Waals surface area (Å²) in [5.41, 5.74) is 1.24. The van der Waals surface area contributed by atoms with Crippen LogP contribution in [0.5, 0.6) is 0 Å². The Morgan fingerprint density at radius 2 is 1.74 bits per heavy atom. The molecule has 3 N–H and O–H groups in total. The summed E-state index contributed by atoms with van der Waals surface area (Å²) >= 11 is 1.15. The number of sulfonamides is 1. The molecule has 1 saturated carbocycles. The number of amides is 1. The summed E-state index contributed by atoms with van der Waals surface area (Å²) in [5, 5.41) is 23.4. The molecule has 12 heteroatoms. The van der Waals surface area contributed by atoms with Gasteiger partial charge in [0, 0.05) is 31.1 Å². The number of hydrogen-bond donors (Lipinski definition) is 3. The lowest BCUT2D eigenvalue weighted by Gasteiger charge is -2.45. The van der Waals surface area contributed by atoms with Gasteiger partial charge in [0.25, 0.3) is 0 Å². The molecular weight excluding hydrogens is 588 g/mol. The molecule has 2 aromatic rings. The quantitative estimate of drug-likeness (QED) is 0.423. The molecule has 4 aliphatic rings. The number of nitrogens with one attached hydrogen (secondary N) is 1. The van der Waals surface area contributed by atoms with Gasteiger partial charge in [0.2, 0.25) is 15.9 Å². The molecule has 1 aliphatic carbocycles. The first-order chi connectivity index (χ1) is 20.7. The Labute approximate surface area is 257 Å². The van der Waals surface area contributed by atoms with Gasteiger partial charge in [-0.15, -0.1) is 11.3 Å². The molecule has 2 unspecified atom stereocenters. The number of hydrogen-bond acceptors (Lipinski definition) is 8. The number of likely N-dealkylation sites (tertiary alicyclic amines) is 1. The van der Waals surface area contributed by atoms with Crippen molar-refractivity contribution in [1.29, 1.82) is 0 Å². The van der Waals surface area contributed by atoms with Crippen LogP contribution >= 0.6 is 11.3 Å². The molecule has 0 spiro atoms. The van der Waals surface area contributed by atoms with Gasteiger partial charge in [-0.05, 0) is 49.7 Å². The van der Waals surface area contributed by atoms with Crippen LogP contribution in [0.15, 0.2) is 47.4 Å². The average Bonchev–Trinajstić information content (AvgIpc) is 3.47. The smallest absolute Gasteiger partial charge is 0.348 e. The van der Waals surface area contributed by atoms with Gasteiger partial charge < -0.3 is 15.1 Å². The number of carboxylic acid groups (broad SMARTS) is 1. The second kappa shape index (κ2) is 12.8. The van der Waals surface area contributed by atoms with Crippen molar-refractivity contribution < 1.29 is 28.2 Å². The second-order valence-electron chi connectivity index (χ2n) is 12.1. The molecule has 43 heavy (non-hydrogen) atoms. The largest absolute Gasteiger partial charge is 0.477 e. The van der Waals surface area contributed by atoms with E-state index < -0.39 is 22.0 Å². The molecule has 0 radical (unpaired) electrons. The molecule has 2 saturated heterocycles. The van der Waals surface area contributed by atoms with E-state index in [1.54, 1.807) is 17.0 Å². The summed E-state index contributed by atoms with van der Waals surface area (Å²) in [6.45, 7) is 1.52. The topological polar surface area (TPSA) is 130 Å². The predicted molar refractivity (Wildman–Crippen MR) is 166 cm³/mol. The minimum absolute atomic E-state index is 0.0201. The van der Waals surface area contributed by atoms with E-state index in [1.807, 2.05) is 30.3 Å². The Morgan fingerprint density at radius 1 is 1.02 bits per heavy atom. The van der Waals surface area contributed by atoms with Gasteiger partial charge in [0.15, 0.2) is 0 Å². The van der Waals surface area contributed by atoms with Crippen LogP contribution in [0.3, 0.4) is 0 Å². The third-order valence-electron chi connectivity index (χ3n) is 9.41. The number of piperazine rings is 1. The first-order valence-electron chi connectivity index (χ1n) is 15.3. The number of nitrogens with zero attached hydrogens (tertiary/aromatic N) is 3. The molecule has 3 aliphatic heterocycles. The van der Waals surface area contributed by atoms with E-state index >= 15 is 0 Å². The van der Waals surface area contributed by atoms with Crippen molar-refractivity contribution >= 4 is 38.9 Å². The van der Waals surface area contributed by atoms with Gasteiger partial charge in [-0.25, -0.2) is 13.2 Å². The Balaban J connectivity index is 1.27. The van der Waals surface area contributed by atoms with Gasteiger partial charge >= 0.3 is 5.97 Å². The zero-order valence-corrected chi connectivity index (χ0v) is 25.9.